The Labute approximate surface area is 176 Å². The summed E-state index contributed by atoms with van der Waals surface area (Å²) in [6.07, 6.45) is 3.01. The Morgan fingerprint density at radius 1 is 1.00 bits per heavy atom. The van der Waals surface area contributed by atoms with Crippen LogP contribution >= 0.6 is 11.8 Å². The minimum atomic E-state index is -0.692. The highest BCUT2D eigenvalue weighted by Gasteiger charge is 2.45. The molecule has 2 aromatic rings. The van der Waals surface area contributed by atoms with Gasteiger partial charge in [-0.1, -0.05) is 18.2 Å². The summed E-state index contributed by atoms with van der Waals surface area (Å²) in [6, 6.07) is 14.6. The van der Waals surface area contributed by atoms with E-state index in [1.54, 1.807) is 16.7 Å². The molecule has 0 bridgehead atoms. The molecular weight excluding hydrogens is 386 g/mol. The zero-order valence-corrected chi connectivity index (χ0v) is 18.2. The summed E-state index contributed by atoms with van der Waals surface area (Å²) in [5, 5.41) is 0. The maximum absolute atomic E-state index is 12.3. The van der Waals surface area contributed by atoms with E-state index in [4.69, 9.17) is 14.2 Å². The van der Waals surface area contributed by atoms with Gasteiger partial charge in [-0.3, -0.25) is 0 Å². The number of hydrogen-bond donors (Lipinski definition) is 0. The van der Waals surface area contributed by atoms with Crippen molar-refractivity contribution in [2.75, 3.05) is 19.3 Å². The summed E-state index contributed by atoms with van der Waals surface area (Å²) in [4.78, 5) is 15.3. The zero-order valence-electron chi connectivity index (χ0n) is 17.4. The van der Waals surface area contributed by atoms with E-state index in [2.05, 4.69) is 36.6 Å². The summed E-state index contributed by atoms with van der Waals surface area (Å²) in [6.45, 7) is 6.73. The largest absolute Gasteiger partial charge is 0.448 e. The van der Waals surface area contributed by atoms with Gasteiger partial charge in [0, 0.05) is 30.8 Å². The third-order valence-corrected chi connectivity index (χ3v) is 5.88. The average Bonchev–Trinajstić information content (AvgIpc) is 3.04. The molecule has 154 valence electrons. The first-order valence-electron chi connectivity index (χ1n) is 9.91. The maximum Gasteiger partial charge on any atom is 0.410 e. The molecule has 2 aliphatic rings. The third-order valence-electron chi connectivity index (χ3n) is 5.14. The number of piperidine rings is 1. The van der Waals surface area contributed by atoms with E-state index in [-0.39, 0.29) is 6.09 Å². The standard InChI is InChI=1S/C23H27NO4S/c1-22(2,3)28-21(25)24-13-11-23(12-14-24)26-19-10-7-17(15-20(19)27-23)16-5-8-18(29-4)9-6-16/h5-10,15H,11-14H2,1-4H3. The van der Waals surface area contributed by atoms with Gasteiger partial charge < -0.3 is 19.1 Å². The number of carbonyl (C=O) groups excluding carboxylic acids is 1. The molecule has 2 heterocycles. The van der Waals surface area contributed by atoms with Gasteiger partial charge in [0.1, 0.15) is 5.60 Å². The SMILES string of the molecule is CSc1ccc(-c2ccc3c(c2)OC2(CCN(C(=O)OC(C)(C)C)CC2)O3)cc1. The summed E-state index contributed by atoms with van der Waals surface area (Å²) in [5.74, 6) is 0.838. The molecule has 29 heavy (non-hydrogen) atoms. The van der Waals surface area contributed by atoms with Crippen LogP contribution < -0.4 is 9.47 Å². The van der Waals surface area contributed by atoms with Crippen molar-refractivity contribution in [3.63, 3.8) is 0 Å². The molecule has 5 nitrogen and oxygen atoms in total. The number of likely N-dealkylation sites (tertiary alicyclic amines) is 1. The second-order valence-corrected chi connectivity index (χ2v) is 9.35. The Bertz CT molecular complexity index is 896. The number of hydrogen-bond acceptors (Lipinski definition) is 5. The Hall–Kier alpha value is -2.34. The lowest BCUT2D eigenvalue weighted by molar-refractivity contribution is -0.117. The molecule has 1 spiro atoms. The van der Waals surface area contributed by atoms with E-state index in [1.807, 2.05) is 32.9 Å². The number of benzene rings is 2. The van der Waals surface area contributed by atoms with E-state index < -0.39 is 11.4 Å². The summed E-state index contributed by atoms with van der Waals surface area (Å²) in [7, 11) is 0. The van der Waals surface area contributed by atoms with Crippen LogP contribution in [0.25, 0.3) is 11.1 Å². The molecule has 1 fully saturated rings. The van der Waals surface area contributed by atoms with Crippen LogP contribution in [0.5, 0.6) is 11.5 Å². The highest BCUT2D eigenvalue weighted by atomic mass is 32.2. The minimum Gasteiger partial charge on any atom is -0.448 e. The highest BCUT2D eigenvalue weighted by Crippen LogP contribution is 2.45. The molecule has 6 heteroatoms. The smallest absolute Gasteiger partial charge is 0.410 e. The number of amides is 1. The Morgan fingerprint density at radius 3 is 2.24 bits per heavy atom. The van der Waals surface area contributed by atoms with Gasteiger partial charge in [0.15, 0.2) is 11.5 Å². The quantitative estimate of drug-likeness (QED) is 0.602. The number of ether oxygens (including phenoxy) is 3. The van der Waals surface area contributed by atoms with E-state index in [0.29, 0.717) is 25.9 Å². The predicted molar refractivity (Wildman–Crippen MR) is 115 cm³/mol. The molecular formula is C23H27NO4S. The monoisotopic (exact) mass is 413 g/mol. The van der Waals surface area contributed by atoms with E-state index >= 15 is 0 Å². The molecule has 0 aliphatic carbocycles. The molecule has 4 rings (SSSR count). The molecule has 0 unspecified atom stereocenters. The van der Waals surface area contributed by atoms with E-state index in [1.165, 1.54) is 4.90 Å². The first-order valence-corrected chi connectivity index (χ1v) is 11.1. The Kier molecular flexibility index (Phi) is 5.15. The lowest BCUT2D eigenvalue weighted by Gasteiger charge is -2.37. The van der Waals surface area contributed by atoms with Crippen LogP contribution in [0.15, 0.2) is 47.4 Å². The van der Waals surface area contributed by atoms with Crippen LogP contribution in [0, 0.1) is 0 Å². The molecule has 0 radical (unpaired) electrons. The number of fused-ring (bicyclic) bond motifs is 1. The van der Waals surface area contributed by atoms with Crippen molar-refractivity contribution in [3.05, 3.63) is 42.5 Å². The fraction of sp³-hybridized carbons (Fsp3) is 0.435. The number of rotatable bonds is 2. The number of nitrogens with zero attached hydrogens (tertiary/aromatic N) is 1. The van der Waals surface area contributed by atoms with Crippen LogP contribution in [0.2, 0.25) is 0 Å². The third kappa shape index (κ3) is 4.32. The predicted octanol–water partition coefficient (Wildman–Crippen LogP) is 5.57. The van der Waals surface area contributed by atoms with E-state index in [0.717, 1.165) is 22.6 Å². The molecule has 0 saturated carbocycles. The van der Waals surface area contributed by atoms with Gasteiger partial charge in [0.05, 0.1) is 0 Å². The van der Waals surface area contributed by atoms with Gasteiger partial charge in [0.2, 0.25) is 0 Å². The van der Waals surface area contributed by atoms with Crippen LogP contribution in [0.1, 0.15) is 33.6 Å². The van der Waals surface area contributed by atoms with Gasteiger partial charge in [-0.25, -0.2) is 4.79 Å². The first-order chi connectivity index (χ1) is 13.8. The van der Waals surface area contributed by atoms with E-state index in [9.17, 15) is 4.79 Å². The molecule has 0 N–H and O–H groups in total. The van der Waals surface area contributed by atoms with Gasteiger partial charge in [0.25, 0.3) is 5.79 Å². The van der Waals surface area contributed by atoms with Crippen LogP contribution in [0.4, 0.5) is 4.79 Å². The van der Waals surface area contributed by atoms with Crippen LogP contribution in [-0.2, 0) is 4.74 Å². The van der Waals surface area contributed by atoms with Gasteiger partial charge in [-0.15, -0.1) is 11.8 Å². The maximum atomic E-state index is 12.3. The molecule has 2 aromatic carbocycles. The molecule has 1 amide bonds. The average molecular weight is 414 g/mol. The molecule has 0 atom stereocenters. The summed E-state index contributed by atoms with van der Waals surface area (Å²) in [5.41, 5.74) is 1.76. The Balaban J connectivity index is 1.43. The minimum absolute atomic E-state index is 0.279. The lowest BCUT2D eigenvalue weighted by Crippen LogP contribution is -2.52. The topological polar surface area (TPSA) is 48.0 Å². The van der Waals surface area contributed by atoms with Gasteiger partial charge in [-0.2, -0.15) is 0 Å². The van der Waals surface area contributed by atoms with Crippen molar-refractivity contribution in [2.24, 2.45) is 0 Å². The number of carbonyl (C=O) groups is 1. The fourth-order valence-corrected chi connectivity index (χ4v) is 4.03. The van der Waals surface area contributed by atoms with Crippen molar-refractivity contribution in [2.45, 2.75) is 49.9 Å². The first kappa shape index (κ1) is 20.0. The van der Waals surface area contributed by atoms with Crippen molar-refractivity contribution >= 4 is 17.9 Å². The fourth-order valence-electron chi connectivity index (χ4n) is 3.62. The second-order valence-electron chi connectivity index (χ2n) is 8.47. The highest BCUT2D eigenvalue weighted by molar-refractivity contribution is 7.98. The van der Waals surface area contributed by atoms with Gasteiger partial charge >= 0.3 is 6.09 Å². The normalized spacial score (nSPS) is 17.4. The number of thioether (sulfide) groups is 1. The zero-order chi connectivity index (χ0) is 20.6. The summed E-state index contributed by atoms with van der Waals surface area (Å²) >= 11 is 1.73. The summed E-state index contributed by atoms with van der Waals surface area (Å²) < 4.78 is 17.9. The molecule has 2 aliphatic heterocycles. The van der Waals surface area contributed by atoms with Crippen molar-refractivity contribution in [3.8, 4) is 22.6 Å². The van der Waals surface area contributed by atoms with Crippen LogP contribution in [-0.4, -0.2) is 41.7 Å². The van der Waals surface area contributed by atoms with Gasteiger partial charge in [-0.05, 0) is 62.4 Å². The molecule has 1 saturated heterocycles. The van der Waals surface area contributed by atoms with Crippen molar-refractivity contribution in [1.29, 1.82) is 0 Å². The van der Waals surface area contributed by atoms with Crippen molar-refractivity contribution < 1.29 is 19.0 Å². The molecule has 0 aromatic heterocycles. The lowest BCUT2D eigenvalue weighted by atomic mass is 10.0. The second kappa shape index (κ2) is 7.48. The Morgan fingerprint density at radius 2 is 1.62 bits per heavy atom. The van der Waals surface area contributed by atoms with Crippen LogP contribution in [0.3, 0.4) is 0 Å². The van der Waals surface area contributed by atoms with Crippen molar-refractivity contribution in [1.82, 2.24) is 4.90 Å².